The van der Waals surface area contributed by atoms with E-state index in [-0.39, 0.29) is 34.6 Å². The number of hydrogen-bond acceptors (Lipinski definition) is 7. The van der Waals surface area contributed by atoms with Gasteiger partial charge in [0.2, 0.25) is 5.85 Å². The summed E-state index contributed by atoms with van der Waals surface area (Å²) in [4.78, 5) is 45.9. The summed E-state index contributed by atoms with van der Waals surface area (Å²) in [6, 6.07) is 10.1. The molecule has 2 saturated heterocycles. The minimum absolute atomic E-state index is 0.120. The highest BCUT2D eigenvalue weighted by Gasteiger charge is 2.56. The van der Waals surface area contributed by atoms with Gasteiger partial charge in [0.05, 0.1) is 28.3 Å². The third-order valence-electron chi connectivity index (χ3n) is 10.1. The van der Waals surface area contributed by atoms with E-state index in [0.29, 0.717) is 63.3 Å². The van der Waals surface area contributed by atoms with Gasteiger partial charge in [-0.25, -0.2) is 4.39 Å². The van der Waals surface area contributed by atoms with Crippen molar-refractivity contribution in [3.05, 3.63) is 64.6 Å². The van der Waals surface area contributed by atoms with Gasteiger partial charge in [0.25, 0.3) is 5.91 Å². The molecular formula is C36H45ClFN5O5. The van der Waals surface area contributed by atoms with Crippen LogP contribution in [0.3, 0.4) is 0 Å². The lowest BCUT2D eigenvalue weighted by atomic mass is 9.87. The number of rotatable bonds is 12. The number of Topliss-reactive ketones (excluding diaryl/α,β-unsaturated/α-hetero) is 1. The molecule has 1 saturated carbocycles. The third kappa shape index (κ3) is 6.89. The maximum absolute atomic E-state index is 15.9. The number of likely N-dealkylation sites (tertiary alicyclic amines) is 2. The molecule has 1 aliphatic carbocycles. The zero-order valence-electron chi connectivity index (χ0n) is 27.9. The van der Waals surface area contributed by atoms with Crippen LogP contribution >= 0.6 is 11.6 Å². The van der Waals surface area contributed by atoms with E-state index in [0.717, 1.165) is 30.3 Å². The van der Waals surface area contributed by atoms with Gasteiger partial charge in [0, 0.05) is 63.3 Å². The van der Waals surface area contributed by atoms with Crippen molar-refractivity contribution in [1.29, 1.82) is 0 Å². The molecule has 3 aromatic rings. The topological polar surface area (TPSA) is 107 Å². The van der Waals surface area contributed by atoms with E-state index in [1.165, 1.54) is 12.1 Å². The van der Waals surface area contributed by atoms with E-state index < -0.39 is 29.5 Å². The fourth-order valence-corrected chi connectivity index (χ4v) is 7.95. The van der Waals surface area contributed by atoms with Crippen LogP contribution in [-0.4, -0.2) is 101 Å². The van der Waals surface area contributed by atoms with Crippen LogP contribution in [0.2, 0.25) is 5.02 Å². The van der Waals surface area contributed by atoms with Crippen molar-refractivity contribution in [2.75, 3.05) is 52.1 Å². The number of fused-ring (bicyclic) bond motifs is 1. The fourth-order valence-electron chi connectivity index (χ4n) is 7.72. The molecule has 0 bridgehead atoms. The number of halogens is 2. The zero-order chi connectivity index (χ0) is 34.2. The summed E-state index contributed by atoms with van der Waals surface area (Å²) in [5.41, 5.74) is 1.58. The van der Waals surface area contributed by atoms with Gasteiger partial charge in [-0.05, 0) is 82.3 Å². The molecule has 2 aliphatic heterocycles. The van der Waals surface area contributed by atoms with Gasteiger partial charge >= 0.3 is 5.97 Å². The molecule has 12 heteroatoms. The molecule has 2 aromatic carbocycles. The SMILES string of the molecule is CN(C)CC1CN(C(O[C@H]2CC[C@H](C(=O)O)CC2)(C(=O)Cc2cc(Cl)c(NC(=O)c3cn(C)c4ccccc34)cc2F)N2CCCC2)C1. The molecular weight excluding hydrogens is 637 g/mol. The molecule has 0 spiro atoms. The lowest BCUT2D eigenvalue weighted by Gasteiger charge is -2.55. The minimum Gasteiger partial charge on any atom is -0.481 e. The van der Waals surface area contributed by atoms with Crippen LogP contribution < -0.4 is 5.32 Å². The summed E-state index contributed by atoms with van der Waals surface area (Å²) in [5, 5.41) is 13.2. The molecule has 3 aliphatic rings. The maximum Gasteiger partial charge on any atom is 0.306 e. The van der Waals surface area contributed by atoms with Crippen LogP contribution in [0.5, 0.6) is 0 Å². The van der Waals surface area contributed by atoms with Crippen molar-refractivity contribution in [2.24, 2.45) is 18.9 Å². The van der Waals surface area contributed by atoms with Crippen molar-refractivity contribution in [2.45, 2.75) is 56.9 Å². The van der Waals surface area contributed by atoms with Crippen molar-refractivity contribution >= 4 is 45.9 Å². The van der Waals surface area contributed by atoms with Gasteiger partial charge < -0.3 is 24.6 Å². The van der Waals surface area contributed by atoms with E-state index in [1.54, 1.807) is 6.20 Å². The minimum atomic E-state index is -1.39. The number of ether oxygens (including phenoxy) is 1. The van der Waals surface area contributed by atoms with Crippen molar-refractivity contribution in [3.63, 3.8) is 0 Å². The summed E-state index contributed by atoms with van der Waals surface area (Å²) in [5.74, 6) is -3.57. The highest BCUT2D eigenvalue weighted by Crippen LogP contribution is 2.39. The second-order valence-corrected chi connectivity index (χ2v) is 14.3. The third-order valence-corrected chi connectivity index (χ3v) is 10.5. The first-order valence-corrected chi connectivity index (χ1v) is 17.3. The predicted molar refractivity (Wildman–Crippen MR) is 183 cm³/mol. The normalized spacial score (nSPS) is 22.1. The largest absolute Gasteiger partial charge is 0.481 e. The Balaban J connectivity index is 1.26. The number of aryl methyl sites for hydroxylation is 1. The van der Waals surface area contributed by atoms with Gasteiger partial charge in [-0.1, -0.05) is 29.8 Å². The fraction of sp³-hybridized carbons (Fsp3) is 0.528. The quantitative estimate of drug-likeness (QED) is 0.268. The van der Waals surface area contributed by atoms with Crippen LogP contribution in [0.25, 0.3) is 10.9 Å². The summed E-state index contributed by atoms with van der Waals surface area (Å²) >= 11 is 6.64. The van der Waals surface area contributed by atoms with E-state index in [2.05, 4.69) is 20.0 Å². The number of carbonyl (C=O) groups excluding carboxylic acids is 2. The molecule has 3 heterocycles. The molecule has 1 amide bonds. The first-order chi connectivity index (χ1) is 23.0. The zero-order valence-corrected chi connectivity index (χ0v) is 28.6. The number of carboxylic acid groups (broad SMARTS) is 1. The van der Waals surface area contributed by atoms with Gasteiger partial charge in [0.1, 0.15) is 5.82 Å². The molecule has 6 rings (SSSR count). The maximum atomic E-state index is 15.9. The van der Waals surface area contributed by atoms with E-state index >= 15 is 4.39 Å². The highest BCUT2D eigenvalue weighted by atomic mass is 35.5. The summed E-state index contributed by atoms with van der Waals surface area (Å²) < 4.78 is 24.6. The molecule has 2 N–H and O–H groups in total. The Hall–Kier alpha value is -3.35. The lowest BCUT2D eigenvalue weighted by molar-refractivity contribution is -0.276. The average Bonchev–Trinajstić information content (AvgIpc) is 3.69. The number of para-hydroxylation sites is 1. The number of carbonyl (C=O) groups is 3. The van der Waals surface area contributed by atoms with Crippen molar-refractivity contribution in [3.8, 4) is 0 Å². The number of aliphatic carboxylic acids is 1. The average molecular weight is 682 g/mol. The Labute approximate surface area is 285 Å². The Morgan fingerprint density at radius 3 is 2.42 bits per heavy atom. The molecule has 1 atom stereocenters. The van der Waals surface area contributed by atoms with Crippen LogP contribution in [0, 0.1) is 17.7 Å². The Morgan fingerprint density at radius 1 is 1.06 bits per heavy atom. The van der Waals surface area contributed by atoms with Gasteiger partial charge in [-0.2, -0.15) is 0 Å². The predicted octanol–water partition coefficient (Wildman–Crippen LogP) is 5.24. The molecule has 10 nitrogen and oxygen atoms in total. The second kappa shape index (κ2) is 14.2. The monoisotopic (exact) mass is 681 g/mol. The number of hydrogen-bond donors (Lipinski definition) is 2. The number of aromatic nitrogens is 1. The van der Waals surface area contributed by atoms with E-state index in [4.69, 9.17) is 16.3 Å². The molecule has 1 aromatic heterocycles. The number of nitrogens with zero attached hydrogens (tertiary/aromatic N) is 4. The van der Waals surface area contributed by atoms with Gasteiger partial charge in [-0.3, -0.25) is 24.2 Å². The first kappa shape index (κ1) is 34.5. The summed E-state index contributed by atoms with van der Waals surface area (Å²) in [6.45, 7) is 3.54. The van der Waals surface area contributed by atoms with Crippen LogP contribution in [-0.2, 0) is 27.8 Å². The number of amides is 1. The number of anilines is 1. The highest BCUT2D eigenvalue weighted by molar-refractivity contribution is 6.34. The van der Waals surface area contributed by atoms with Gasteiger partial charge in [0.15, 0.2) is 5.78 Å². The van der Waals surface area contributed by atoms with E-state index in [9.17, 15) is 19.5 Å². The van der Waals surface area contributed by atoms with Crippen LogP contribution in [0.1, 0.15) is 54.4 Å². The smallest absolute Gasteiger partial charge is 0.306 e. The lowest BCUT2D eigenvalue weighted by Crippen LogP contribution is -2.73. The number of benzene rings is 2. The number of carboxylic acids is 1. The Bertz CT molecular complexity index is 1680. The van der Waals surface area contributed by atoms with Crippen molar-refractivity contribution in [1.82, 2.24) is 19.3 Å². The number of nitrogens with one attached hydrogen (secondary N) is 1. The number of ketones is 1. The molecule has 0 radical (unpaired) electrons. The Kier molecular flexibility index (Phi) is 10.2. The molecule has 48 heavy (non-hydrogen) atoms. The summed E-state index contributed by atoms with van der Waals surface area (Å²) in [6.07, 6.45) is 5.09. The van der Waals surface area contributed by atoms with Crippen LogP contribution in [0.15, 0.2) is 42.6 Å². The van der Waals surface area contributed by atoms with Gasteiger partial charge in [-0.15, -0.1) is 0 Å². The molecule has 3 fully saturated rings. The standard InChI is InChI=1S/C36H45ClFN5O5/c1-40(2)19-23-20-43(21-23)36(42-14-6-7-15-42,48-26-12-10-24(11-13-26)35(46)47)33(44)17-25-16-29(37)31(18-30(25)38)39-34(45)28-22-41(3)32-9-5-4-8-27(28)32/h4-5,8-9,16,18,22-24,26H,6-7,10-15,17,19-21H2,1-3H3,(H,39,45)(H,46,47)/t24-,26-,36?. The van der Waals surface area contributed by atoms with Crippen molar-refractivity contribution < 1.29 is 28.6 Å². The van der Waals surface area contributed by atoms with E-state index in [1.807, 2.05) is 50.0 Å². The molecule has 1 unspecified atom stereocenters. The summed E-state index contributed by atoms with van der Waals surface area (Å²) in [7, 11) is 5.91. The van der Waals surface area contributed by atoms with Crippen LogP contribution in [0.4, 0.5) is 10.1 Å². The Morgan fingerprint density at radius 2 is 1.75 bits per heavy atom. The first-order valence-electron chi connectivity index (χ1n) is 16.9. The second-order valence-electron chi connectivity index (χ2n) is 13.9. The molecule has 258 valence electrons.